The first-order chi connectivity index (χ1) is 11.5. The Morgan fingerprint density at radius 2 is 1.84 bits per heavy atom. The van der Waals surface area contributed by atoms with Crippen LogP contribution in [-0.4, -0.2) is 23.7 Å². The second-order valence-electron chi connectivity index (χ2n) is 6.08. The van der Waals surface area contributed by atoms with Crippen molar-refractivity contribution >= 4 is 16.6 Å². The van der Waals surface area contributed by atoms with E-state index in [2.05, 4.69) is 4.98 Å². The summed E-state index contributed by atoms with van der Waals surface area (Å²) >= 11 is 0. The van der Waals surface area contributed by atoms with Crippen LogP contribution in [0.5, 0.6) is 0 Å². The molecule has 3 nitrogen and oxygen atoms in total. The molecular formula is C16H14F6N2O. The number of alkyl halides is 6. The van der Waals surface area contributed by atoms with Crippen LogP contribution in [0.1, 0.15) is 24.8 Å². The smallest absolute Gasteiger partial charge is 0.368 e. The lowest BCUT2D eigenvalue weighted by molar-refractivity contribution is -0.138. The summed E-state index contributed by atoms with van der Waals surface area (Å²) in [6, 6.07) is 3.60. The van der Waals surface area contributed by atoms with Crippen molar-refractivity contribution < 1.29 is 26.3 Å². The Morgan fingerprint density at radius 3 is 2.48 bits per heavy atom. The number of hydrogen-bond acceptors (Lipinski definition) is 2. The first kappa shape index (κ1) is 17.6. The van der Waals surface area contributed by atoms with Crippen LogP contribution in [0.3, 0.4) is 0 Å². The van der Waals surface area contributed by atoms with E-state index in [-0.39, 0.29) is 16.6 Å². The first-order valence-electron chi connectivity index (χ1n) is 7.62. The van der Waals surface area contributed by atoms with Gasteiger partial charge in [-0.3, -0.25) is 4.79 Å². The number of halogens is 6. The lowest BCUT2D eigenvalue weighted by atomic mass is 10.1. The number of aromatic amines is 1. The highest BCUT2D eigenvalue weighted by atomic mass is 19.4. The molecule has 0 aliphatic carbocycles. The largest absolute Gasteiger partial charge is 0.417 e. The lowest BCUT2D eigenvalue weighted by Gasteiger charge is -2.28. The molecule has 1 aromatic carbocycles. The molecule has 1 fully saturated rings. The van der Waals surface area contributed by atoms with E-state index in [4.69, 9.17) is 0 Å². The number of pyridine rings is 1. The number of benzene rings is 1. The maximum absolute atomic E-state index is 13.2. The molecule has 0 amide bonds. The molecule has 0 saturated carbocycles. The van der Waals surface area contributed by atoms with E-state index in [0.29, 0.717) is 25.5 Å². The molecule has 9 heteroatoms. The van der Waals surface area contributed by atoms with Crippen LogP contribution in [-0.2, 0) is 6.18 Å². The molecular weight excluding hydrogens is 350 g/mol. The van der Waals surface area contributed by atoms with Crippen molar-refractivity contribution in [3.63, 3.8) is 0 Å². The predicted molar refractivity (Wildman–Crippen MR) is 80.6 cm³/mol. The second kappa shape index (κ2) is 5.96. The summed E-state index contributed by atoms with van der Waals surface area (Å²) in [4.78, 5) is 15.2. The van der Waals surface area contributed by atoms with Gasteiger partial charge in [0.1, 0.15) is 0 Å². The van der Waals surface area contributed by atoms with E-state index < -0.39 is 35.9 Å². The quantitative estimate of drug-likeness (QED) is 0.799. The molecule has 1 N–H and O–H groups in total. The van der Waals surface area contributed by atoms with Crippen molar-refractivity contribution in [3.8, 4) is 0 Å². The Hall–Kier alpha value is -2.19. The minimum Gasteiger partial charge on any atom is -0.368 e. The maximum Gasteiger partial charge on any atom is 0.417 e. The summed E-state index contributed by atoms with van der Waals surface area (Å²) in [5.41, 5.74) is -1.70. The fourth-order valence-electron chi connectivity index (χ4n) is 3.31. The molecule has 1 aliphatic rings. The highest BCUT2D eigenvalue weighted by molar-refractivity contribution is 5.86. The van der Waals surface area contributed by atoms with Gasteiger partial charge in [-0.05, 0) is 31.0 Å². The first-order valence-corrected chi connectivity index (χ1v) is 7.62. The van der Waals surface area contributed by atoms with Crippen molar-refractivity contribution in [1.82, 2.24) is 4.98 Å². The van der Waals surface area contributed by atoms with Crippen molar-refractivity contribution in [2.75, 3.05) is 11.4 Å². The highest BCUT2D eigenvalue weighted by Crippen LogP contribution is 2.37. The third-order valence-corrected chi connectivity index (χ3v) is 4.31. The Kier molecular flexibility index (Phi) is 4.20. The number of H-pyrrole nitrogens is 1. The zero-order valence-corrected chi connectivity index (χ0v) is 12.8. The standard InChI is InChI=1S/C16H14F6N2O/c17-15(18,19)8-10-2-1-5-24(10)9-3-4-13-11(6-9)12(16(20,21)22)7-14(25)23-13/h3-4,6-7,10H,1-2,5,8H2,(H,23,25). The minimum absolute atomic E-state index is 0.00450. The topological polar surface area (TPSA) is 36.1 Å². The summed E-state index contributed by atoms with van der Waals surface area (Å²) in [5, 5.41) is -0.234. The monoisotopic (exact) mass is 364 g/mol. The molecule has 1 aromatic heterocycles. The molecule has 1 saturated heterocycles. The molecule has 3 rings (SSSR count). The fraction of sp³-hybridized carbons (Fsp3) is 0.438. The summed E-state index contributed by atoms with van der Waals surface area (Å²) < 4.78 is 77.7. The van der Waals surface area contributed by atoms with E-state index >= 15 is 0 Å². The normalized spacial score (nSPS) is 19.0. The van der Waals surface area contributed by atoms with Gasteiger partial charge in [0.05, 0.1) is 12.0 Å². The summed E-state index contributed by atoms with van der Waals surface area (Å²) in [6.45, 7) is 0.344. The summed E-state index contributed by atoms with van der Waals surface area (Å²) in [5.74, 6) is 0. The van der Waals surface area contributed by atoms with Crippen LogP contribution in [0, 0.1) is 0 Å². The number of nitrogens with one attached hydrogen (secondary N) is 1. The van der Waals surface area contributed by atoms with Crippen molar-refractivity contribution in [3.05, 3.63) is 40.2 Å². The van der Waals surface area contributed by atoms with E-state index in [0.717, 1.165) is 0 Å². The zero-order valence-electron chi connectivity index (χ0n) is 12.8. The fourth-order valence-corrected chi connectivity index (χ4v) is 3.31. The number of aromatic nitrogens is 1. The Morgan fingerprint density at radius 1 is 1.12 bits per heavy atom. The molecule has 1 unspecified atom stereocenters. The van der Waals surface area contributed by atoms with E-state index in [1.807, 2.05) is 0 Å². The van der Waals surface area contributed by atoms with Crippen LogP contribution in [0.2, 0.25) is 0 Å². The number of hydrogen-bond donors (Lipinski definition) is 1. The van der Waals surface area contributed by atoms with Gasteiger partial charge in [0.2, 0.25) is 5.56 Å². The molecule has 25 heavy (non-hydrogen) atoms. The van der Waals surface area contributed by atoms with E-state index in [1.165, 1.54) is 23.1 Å². The average molecular weight is 364 g/mol. The molecule has 1 atom stereocenters. The van der Waals surface area contributed by atoms with Crippen molar-refractivity contribution in [2.45, 2.75) is 37.7 Å². The maximum atomic E-state index is 13.2. The van der Waals surface area contributed by atoms with Gasteiger partial charge in [-0.1, -0.05) is 0 Å². The van der Waals surface area contributed by atoms with Crippen LogP contribution in [0.25, 0.3) is 10.9 Å². The van der Waals surface area contributed by atoms with Gasteiger partial charge in [-0.15, -0.1) is 0 Å². The van der Waals surface area contributed by atoms with Crippen molar-refractivity contribution in [2.24, 2.45) is 0 Å². The van der Waals surface area contributed by atoms with Crippen LogP contribution in [0.4, 0.5) is 32.0 Å². The second-order valence-corrected chi connectivity index (χ2v) is 6.08. The van der Waals surface area contributed by atoms with Gasteiger partial charge < -0.3 is 9.88 Å². The molecule has 0 bridgehead atoms. The summed E-state index contributed by atoms with van der Waals surface area (Å²) in [7, 11) is 0. The highest BCUT2D eigenvalue weighted by Gasteiger charge is 2.37. The lowest BCUT2D eigenvalue weighted by Crippen LogP contribution is -2.33. The third-order valence-electron chi connectivity index (χ3n) is 4.31. The number of nitrogens with zero attached hydrogens (tertiary/aromatic N) is 1. The third kappa shape index (κ3) is 3.74. The summed E-state index contributed by atoms with van der Waals surface area (Å²) in [6.07, 6.45) is -9.22. The van der Waals surface area contributed by atoms with Gasteiger partial charge in [0.25, 0.3) is 0 Å². The number of fused-ring (bicyclic) bond motifs is 1. The molecule has 2 heterocycles. The minimum atomic E-state index is -4.73. The number of rotatable bonds is 2. The Bertz CT molecular complexity index is 839. The van der Waals surface area contributed by atoms with Crippen LogP contribution in [0.15, 0.2) is 29.1 Å². The average Bonchev–Trinajstić information content (AvgIpc) is 2.91. The van der Waals surface area contributed by atoms with Crippen molar-refractivity contribution in [1.29, 1.82) is 0 Å². The van der Waals surface area contributed by atoms with Gasteiger partial charge in [0, 0.05) is 35.2 Å². The van der Waals surface area contributed by atoms with Crippen LogP contribution >= 0.6 is 0 Å². The van der Waals surface area contributed by atoms with E-state index in [9.17, 15) is 31.1 Å². The molecule has 0 radical (unpaired) electrons. The molecule has 0 spiro atoms. The van der Waals surface area contributed by atoms with Gasteiger partial charge in [0.15, 0.2) is 0 Å². The zero-order chi connectivity index (χ0) is 18.4. The van der Waals surface area contributed by atoms with Gasteiger partial charge >= 0.3 is 12.4 Å². The predicted octanol–water partition coefficient (Wildman–Crippen LogP) is 4.47. The Labute approximate surface area is 138 Å². The molecule has 136 valence electrons. The van der Waals surface area contributed by atoms with Crippen LogP contribution < -0.4 is 10.5 Å². The molecule has 2 aromatic rings. The van der Waals surface area contributed by atoms with Gasteiger partial charge in [-0.25, -0.2) is 0 Å². The van der Waals surface area contributed by atoms with E-state index in [1.54, 1.807) is 0 Å². The Balaban J connectivity index is 2.06. The van der Waals surface area contributed by atoms with Gasteiger partial charge in [-0.2, -0.15) is 26.3 Å². The number of anilines is 1. The molecule has 1 aliphatic heterocycles. The SMILES string of the molecule is O=c1cc(C(F)(F)F)c2cc(N3CCCC3CC(F)(F)F)ccc2[nH]1.